The van der Waals surface area contributed by atoms with E-state index in [2.05, 4.69) is 5.32 Å². The third-order valence-corrected chi connectivity index (χ3v) is 2.85. The predicted molar refractivity (Wildman–Crippen MR) is 62.3 cm³/mol. The van der Waals surface area contributed by atoms with Gasteiger partial charge in [0.2, 0.25) is 0 Å². The highest BCUT2D eigenvalue weighted by molar-refractivity contribution is 6.30. The monoisotopic (exact) mass is 239 g/mol. The van der Waals surface area contributed by atoms with Gasteiger partial charge in [-0.15, -0.1) is 0 Å². The standard InChI is InChI=1S/C12H14ClNO2/c13-10-4-1-3-9(7-10)8-16-12(15)11-5-2-6-14-11/h1,3-4,7,11,14H,2,5-6,8H2. The van der Waals surface area contributed by atoms with Crippen molar-refractivity contribution in [3.05, 3.63) is 34.9 Å². The second-order valence-corrected chi connectivity index (χ2v) is 4.32. The van der Waals surface area contributed by atoms with Crippen LogP contribution in [0, 0.1) is 0 Å². The summed E-state index contributed by atoms with van der Waals surface area (Å²) in [5.74, 6) is -0.169. The van der Waals surface area contributed by atoms with Crippen LogP contribution in [0.1, 0.15) is 18.4 Å². The molecule has 0 amide bonds. The topological polar surface area (TPSA) is 38.3 Å². The maximum absolute atomic E-state index is 11.6. The number of nitrogens with one attached hydrogen (secondary N) is 1. The van der Waals surface area contributed by atoms with Gasteiger partial charge in [-0.2, -0.15) is 0 Å². The largest absolute Gasteiger partial charge is 0.460 e. The molecule has 1 N–H and O–H groups in total. The van der Waals surface area contributed by atoms with Crippen LogP contribution in [0.2, 0.25) is 5.02 Å². The van der Waals surface area contributed by atoms with E-state index in [-0.39, 0.29) is 18.6 Å². The van der Waals surface area contributed by atoms with Crippen LogP contribution >= 0.6 is 11.6 Å². The van der Waals surface area contributed by atoms with Gasteiger partial charge in [-0.3, -0.25) is 4.79 Å². The molecule has 1 saturated heterocycles. The summed E-state index contributed by atoms with van der Waals surface area (Å²) in [6, 6.07) is 7.21. The fourth-order valence-corrected chi connectivity index (χ4v) is 1.98. The maximum atomic E-state index is 11.6. The third-order valence-electron chi connectivity index (χ3n) is 2.61. The molecule has 1 heterocycles. The molecule has 0 saturated carbocycles. The first kappa shape index (κ1) is 11.4. The van der Waals surface area contributed by atoms with Crippen LogP contribution < -0.4 is 5.32 Å². The molecule has 0 radical (unpaired) electrons. The van der Waals surface area contributed by atoms with E-state index in [9.17, 15) is 4.79 Å². The minimum Gasteiger partial charge on any atom is -0.460 e. The van der Waals surface area contributed by atoms with Gasteiger partial charge in [-0.05, 0) is 37.1 Å². The predicted octanol–water partition coefficient (Wildman–Crippen LogP) is 2.14. The first-order valence-corrected chi connectivity index (χ1v) is 5.78. The van der Waals surface area contributed by atoms with E-state index >= 15 is 0 Å². The molecule has 4 heteroatoms. The molecule has 86 valence electrons. The fraction of sp³-hybridized carbons (Fsp3) is 0.417. The van der Waals surface area contributed by atoms with Crippen molar-refractivity contribution in [2.75, 3.05) is 6.54 Å². The molecule has 1 aromatic carbocycles. The Morgan fingerprint density at radius 3 is 3.12 bits per heavy atom. The zero-order valence-corrected chi connectivity index (χ0v) is 9.67. The maximum Gasteiger partial charge on any atom is 0.323 e. The van der Waals surface area contributed by atoms with E-state index in [4.69, 9.17) is 16.3 Å². The van der Waals surface area contributed by atoms with Crippen molar-refractivity contribution in [1.82, 2.24) is 5.32 Å². The van der Waals surface area contributed by atoms with Crippen LogP contribution in [-0.4, -0.2) is 18.6 Å². The summed E-state index contributed by atoms with van der Waals surface area (Å²) < 4.78 is 5.21. The molecule has 0 aromatic heterocycles. The van der Waals surface area contributed by atoms with E-state index in [0.717, 1.165) is 24.9 Å². The van der Waals surface area contributed by atoms with Gasteiger partial charge in [0.05, 0.1) is 0 Å². The minimum atomic E-state index is -0.169. The first-order chi connectivity index (χ1) is 7.75. The summed E-state index contributed by atoms with van der Waals surface area (Å²) in [5.41, 5.74) is 0.916. The van der Waals surface area contributed by atoms with Crippen molar-refractivity contribution in [1.29, 1.82) is 0 Å². The molecule has 1 unspecified atom stereocenters. The zero-order chi connectivity index (χ0) is 11.4. The quantitative estimate of drug-likeness (QED) is 0.822. The van der Waals surface area contributed by atoms with E-state index < -0.39 is 0 Å². The Hall–Kier alpha value is -1.06. The molecule has 1 aliphatic heterocycles. The highest BCUT2D eigenvalue weighted by Crippen LogP contribution is 2.13. The normalized spacial score (nSPS) is 19.7. The average molecular weight is 240 g/mol. The summed E-state index contributed by atoms with van der Waals surface area (Å²) in [6.07, 6.45) is 1.91. The number of benzene rings is 1. The Morgan fingerprint density at radius 1 is 1.56 bits per heavy atom. The lowest BCUT2D eigenvalue weighted by atomic mass is 10.2. The smallest absolute Gasteiger partial charge is 0.323 e. The van der Waals surface area contributed by atoms with Gasteiger partial charge < -0.3 is 10.1 Å². The first-order valence-electron chi connectivity index (χ1n) is 5.40. The van der Waals surface area contributed by atoms with Crippen LogP contribution in [0.5, 0.6) is 0 Å². The number of rotatable bonds is 3. The van der Waals surface area contributed by atoms with Gasteiger partial charge >= 0.3 is 5.97 Å². The average Bonchev–Trinajstić information content (AvgIpc) is 2.79. The number of ether oxygens (including phenoxy) is 1. The fourth-order valence-electron chi connectivity index (χ4n) is 1.77. The van der Waals surface area contributed by atoms with Gasteiger partial charge in [0, 0.05) is 5.02 Å². The van der Waals surface area contributed by atoms with Gasteiger partial charge in [0.15, 0.2) is 0 Å². The van der Waals surface area contributed by atoms with E-state index in [1.54, 1.807) is 12.1 Å². The molecule has 1 atom stereocenters. The van der Waals surface area contributed by atoms with Gasteiger partial charge in [0.25, 0.3) is 0 Å². The van der Waals surface area contributed by atoms with Gasteiger partial charge in [-0.25, -0.2) is 0 Å². The molecule has 3 nitrogen and oxygen atoms in total. The number of esters is 1. The van der Waals surface area contributed by atoms with E-state index in [1.165, 1.54) is 0 Å². The Morgan fingerprint density at radius 2 is 2.44 bits per heavy atom. The van der Waals surface area contributed by atoms with Crippen molar-refractivity contribution < 1.29 is 9.53 Å². The van der Waals surface area contributed by atoms with Gasteiger partial charge in [-0.1, -0.05) is 23.7 Å². The minimum absolute atomic E-state index is 0.126. The molecule has 1 aliphatic rings. The summed E-state index contributed by atoms with van der Waals surface area (Å²) >= 11 is 5.83. The third kappa shape index (κ3) is 2.97. The summed E-state index contributed by atoms with van der Waals surface area (Å²) in [7, 11) is 0. The van der Waals surface area contributed by atoms with Crippen LogP contribution in [0.4, 0.5) is 0 Å². The lowest BCUT2D eigenvalue weighted by Crippen LogP contribution is -2.32. The van der Waals surface area contributed by atoms with Crippen LogP contribution in [0.25, 0.3) is 0 Å². The zero-order valence-electron chi connectivity index (χ0n) is 8.91. The molecule has 16 heavy (non-hydrogen) atoms. The number of hydrogen-bond donors (Lipinski definition) is 1. The van der Waals surface area contributed by atoms with E-state index in [0.29, 0.717) is 5.02 Å². The van der Waals surface area contributed by atoms with Crippen molar-refractivity contribution in [3.63, 3.8) is 0 Å². The Bertz CT molecular complexity index is 375. The molecule has 0 bridgehead atoms. The summed E-state index contributed by atoms with van der Waals surface area (Å²) in [6.45, 7) is 1.19. The number of halogens is 1. The lowest BCUT2D eigenvalue weighted by Gasteiger charge is -2.10. The number of carbonyl (C=O) groups is 1. The van der Waals surface area contributed by atoms with Crippen molar-refractivity contribution in [2.45, 2.75) is 25.5 Å². The second-order valence-electron chi connectivity index (χ2n) is 3.89. The lowest BCUT2D eigenvalue weighted by molar-refractivity contribution is -0.147. The van der Waals surface area contributed by atoms with Crippen molar-refractivity contribution >= 4 is 17.6 Å². The van der Waals surface area contributed by atoms with Crippen molar-refractivity contribution in [2.24, 2.45) is 0 Å². The number of carbonyl (C=O) groups excluding carboxylic acids is 1. The van der Waals surface area contributed by atoms with Crippen LogP contribution in [0.15, 0.2) is 24.3 Å². The summed E-state index contributed by atoms with van der Waals surface area (Å²) in [4.78, 5) is 11.6. The molecule has 2 rings (SSSR count). The molecule has 0 spiro atoms. The second kappa shape index (κ2) is 5.32. The Kier molecular flexibility index (Phi) is 3.80. The molecular formula is C12H14ClNO2. The van der Waals surface area contributed by atoms with Crippen LogP contribution in [-0.2, 0) is 16.1 Å². The van der Waals surface area contributed by atoms with Crippen molar-refractivity contribution in [3.8, 4) is 0 Å². The number of hydrogen-bond acceptors (Lipinski definition) is 3. The molecule has 1 fully saturated rings. The Balaban J connectivity index is 1.84. The molecular weight excluding hydrogens is 226 g/mol. The highest BCUT2D eigenvalue weighted by Gasteiger charge is 2.23. The molecule has 1 aromatic rings. The SMILES string of the molecule is O=C(OCc1cccc(Cl)c1)C1CCCN1. The Labute approximate surface area is 99.7 Å². The van der Waals surface area contributed by atoms with E-state index in [1.807, 2.05) is 12.1 Å². The van der Waals surface area contributed by atoms with Gasteiger partial charge in [0.1, 0.15) is 12.6 Å². The summed E-state index contributed by atoms with van der Waals surface area (Å²) in [5, 5.41) is 3.76. The van der Waals surface area contributed by atoms with Crippen LogP contribution in [0.3, 0.4) is 0 Å². The molecule has 0 aliphatic carbocycles. The highest BCUT2D eigenvalue weighted by atomic mass is 35.5.